The van der Waals surface area contributed by atoms with Crippen molar-refractivity contribution in [2.45, 2.75) is 57.0 Å². The normalized spacial score (nSPS) is 19.1. The third-order valence-electron chi connectivity index (χ3n) is 6.75. The van der Waals surface area contributed by atoms with E-state index in [0.717, 1.165) is 6.07 Å². The summed E-state index contributed by atoms with van der Waals surface area (Å²) < 4.78 is 42.4. The molecular formula is C24H24ClF3N4O4. The van der Waals surface area contributed by atoms with E-state index in [1.807, 2.05) is 6.92 Å². The van der Waals surface area contributed by atoms with Crippen LogP contribution in [0.4, 0.5) is 18.9 Å². The fraction of sp³-hybridized carbons (Fsp3) is 0.417. The van der Waals surface area contributed by atoms with Crippen LogP contribution in [0.5, 0.6) is 0 Å². The minimum atomic E-state index is -3.14. The summed E-state index contributed by atoms with van der Waals surface area (Å²) in [5, 5.41) is 6.91. The molecule has 1 aliphatic carbocycles. The number of anilines is 1. The third kappa shape index (κ3) is 4.25. The molecule has 0 radical (unpaired) electrons. The molecule has 4 rings (SSSR count). The predicted molar refractivity (Wildman–Crippen MR) is 125 cm³/mol. The van der Waals surface area contributed by atoms with Crippen molar-refractivity contribution in [3.8, 4) is 0 Å². The van der Waals surface area contributed by atoms with Gasteiger partial charge in [-0.1, -0.05) is 11.6 Å². The molecule has 36 heavy (non-hydrogen) atoms. The number of nitrogens with one attached hydrogen (secondary N) is 3. The zero-order valence-electron chi connectivity index (χ0n) is 19.7. The summed E-state index contributed by atoms with van der Waals surface area (Å²) in [6.45, 7) is 3.37. The van der Waals surface area contributed by atoms with Gasteiger partial charge in [-0.05, 0) is 50.5 Å². The van der Waals surface area contributed by atoms with Crippen molar-refractivity contribution in [1.29, 1.82) is 0 Å². The second-order valence-electron chi connectivity index (χ2n) is 9.29. The number of amides is 3. The van der Waals surface area contributed by atoms with Crippen LogP contribution in [0.25, 0.3) is 0 Å². The molecule has 3 amide bonds. The van der Waals surface area contributed by atoms with E-state index in [2.05, 4.69) is 16.0 Å². The molecule has 2 heterocycles. The van der Waals surface area contributed by atoms with Crippen LogP contribution in [0.15, 0.2) is 18.2 Å². The molecule has 192 valence electrons. The topological polar surface area (TPSA) is 109 Å². The van der Waals surface area contributed by atoms with Crippen LogP contribution < -0.4 is 16.0 Å². The first-order chi connectivity index (χ1) is 16.8. The van der Waals surface area contributed by atoms with Gasteiger partial charge in [-0.15, -0.1) is 0 Å². The van der Waals surface area contributed by atoms with E-state index in [1.54, 1.807) is 4.57 Å². The Balaban J connectivity index is 1.66. The molecule has 1 aromatic heterocycles. The number of nitrogens with zero attached hydrogens (tertiary/aromatic N) is 1. The number of halogens is 4. The second-order valence-corrected chi connectivity index (χ2v) is 9.70. The van der Waals surface area contributed by atoms with Gasteiger partial charge < -0.3 is 20.5 Å². The van der Waals surface area contributed by atoms with E-state index in [-0.39, 0.29) is 33.6 Å². The maximum Gasteiger partial charge on any atom is 0.293 e. The number of ketones is 1. The molecular weight excluding hydrogens is 501 g/mol. The lowest BCUT2D eigenvalue weighted by Crippen LogP contribution is -2.69. The molecule has 3 N–H and O–H groups in total. The first kappa shape index (κ1) is 25.7. The molecule has 1 aliphatic heterocycles. The van der Waals surface area contributed by atoms with Gasteiger partial charge in [0.2, 0.25) is 5.91 Å². The van der Waals surface area contributed by atoms with Crippen LogP contribution in [0.1, 0.15) is 64.3 Å². The van der Waals surface area contributed by atoms with Crippen molar-refractivity contribution in [3.63, 3.8) is 0 Å². The number of likely N-dealkylation sites (N-methyl/N-ethyl adjacent to an activating group) is 1. The maximum absolute atomic E-state index is 13.6. The highest BCUT2D eigenvalue weighted by Gasteiger charge is 2.62. The van der Waals surface area contributed by atoms with Crippen molar-refractivity contribution in [2.75, 3.05) is 12.4 Å². The molecule has 1 atom stereocenters. The number of alkyl halides is 2. The minimum absolute atomic E-state index is 0.00252. The van der Waals surface area contributed by atoms with Crippen molar-refractivity contribution < 1.29 is 32.3 Å². The van der Waals surface area contributed by atoms with Crippen LogP contribution in [0.3, 0.4) is 0 Å². The maximum atomic E-state index is 13.6. The van der Waals surface area contributed by atoms with Gasteiger partial charge in [0.25, 0.3) is 23.5 Å². The lowest BCUT2D eigenvalue weighted by molar-refractivity contribution is -0.164. The number of hydrogen-bond donors (Lipinski definition) is 3. The third-order valence-corrected chi connectivity index (χ3v) is 7.04. The molecule has 8 nitrogen and oxygen atoms in total. The molecule has 1 fully saturated rings. The van der Waals surface area contributed by atoms with Crippen LogP contribution >= 0.6 is 11.6 Å². The fourth-order valence-electron chi connectivity index (χ4n) is 5.09. The van der Waals surface area contributed by atoms with E-state index < -0.39 is 53.6 Å². The van der Waals surface area contributed by atoms with E-state index in [4.69, 9.17) is 11.6 Å². The Morgan fingerprint density at radius 1 is 1.17 bits per heavy atom. The number of Topliss-reactive ketones (excluding diaryl/α,β-unsaturated/α-hetero) is 1. The predicted octanol–water partition coefficient (Wildman–Crippen LogP) is 3.56. The van der Waals surface area contributed by atoms with E-state index in [9.17, 15) is 32.3 Å². The Morgan fingerprint density at radius 3 is 2.42 bits per heavy atom. The lowest BCUT2D eigenvalue weighted by atomic mass is 9.72. The summed E-state index contributed by atoms with van der Waals surface area (Å²) in [6, 6.07) is 3.51. The number of hydrogen-bond acceptors (Lipinski definition) is 4. The fourth-order valence-corrected chi connectivity index (χ4v) is 5.27. The number of rotatable bonds is 6. The number of fused-ring (bicyclic) bond motifs is 1. The standard InChI is InChI=1S/C24H24ClF3N4O4/c1-11-4-7-16-17(19(33)21(35)31-23(22(36)29-3)9-24(27,28)10-23)12(2)18(32(11)16)20(34)30-13-5-6-15(26)14(25)8-13/h5-6,8,11H,4,7,9-10H2,1-3H3,(H,29,36)(H,30,34)(H,31,35)/t11-/m0/s1. The highest BCUT2D eigenvalue weighted by atomic mass is 35.5. The molecule has 1 saturated carbocycles. The van der Waals surface area contributed by atoms with Gasteiger partial charge >= 0.3 is 0 Å². The average molecular weight is 525 g/mol. The number of carbonyl (C=O) groups is 4. The molecule has 12 heteroatoms. The lowest BCUT2D eigenvalue weighted by Gasteiger charge is -2.45. The van der Waals surface area contributed by atoms with Gasteiger partial charge in [-0.2, -0.15) is 0 Å². The van der Waals surface area contributed by atoms with Gasteiger partial charge in [-0.25, -0.2) is 13.2 Å². The molecule has 0 unspecified atom stereocenters. The van der Waals surface area contributed by atoms with Gasteiger partial charge in [0.05, 0.1) is 10.6 Å². The van der Waals surface area contributed by atoms with Crippen LogP contribution in [-0.2, 0) is 16.0 Å². The Bertz CT molecular complexity index is 1300. The van der Waals surface area contributed by atoms with E-state index in [1.165, 1.54) is 26.1 Å². The molecule has 0 saturated heterocycles. The number of carbonyl (C=O) groups excluding carboxylic acids is 4. The first-order valence-corrected chi connectivity index (χ1v) is 11.6. The van der Waals surface area contributed by atoms with E-state index >= 15 is 0 Å². The van der Waals surface area contributed by atoms with Crippen LogP contribution in [0.2, 0.25) is 5.02 Å². The Labute approximate surface area is 209 Å². The Morgan fingerprint density at radius 2 is 1.83 bits per heavy atom. The summed E-state index contributed by atoms with van der Waals surface area (Å²) in [7, 11) is 1.25. The van der Waals surface area contributed by atoms with Gasteiger partial charge in [0, 0.05) is 37.3 Å². The molecule has 2 aliphatic rings. The van der Waals surface area contributed by atoms with Gasteiger partial charge in [-0.3, -0.25) is 19.2 Å². The van der Waals surface area contributed by atoms with Gasteiger partial charge in [0.1, 0.15) is 17.1 Å². The summed E-state index contributed by atoms with van der Waals surface area (Å²) in [6.07, 6.45) is -0.827. The Kier molecular flexibility index (Phi) is 6.40. The number of benzene rings is 1. The Hall–Kier alpha value is -3.34. The molecule has 2 aromatic rings. The van der Waals surface area contributed by atoms with Crippen molar-refractivity contribution in [1.82, 2.24) is 15.2 Å². The minimum Gasteiger partial charge on any atom is -0.357 e. The quantitative estimate of drug-likeness (QED) is 0.396. The molecule has 1 aromatic carbocycles. The van der Waals surface area contributed by atoms with Crippen LogP contribution in [-0.4, -0.2) is 46.6 Å². The summed E-state index contributed by atoms with van der Waals surface area (Å²) >= 11 is 5.80. The number of aromatic nitrogens is 1. The van der Waals surface area contributed by atoms with Crippen molar-refractivity contribution in [3.05, 3.63) is 51.6 Å². The molecule has 0 spiro atoms. The highest BCUT2D eigenvalue weighted by Crippen LogP contribution is 2.46. The van der Waals surface area contributed by atoms with Gasteiger partial charge in [0.15, 0.2) is 0 Å². The largest absolute Gasteiger partial charge is 0.357 e. The summed E-state index contributed by atoms with van der Waals surface area (Å²) in [5.41, 5.74) is -0.821. The SMILES string of the molecule is CNC(=O)C1(NC(=O)C(=O)c2c(C)c(C(=O)Nc3ccc(F)c(Cl)c3)n3c2CC[C@@H]3C)CC(F)(F)C1. The summed E-state index contributed by atoms with van der Waals surface area (Å²) in [5.74, 6) is -7.43. The zero-order chi connectivity index (χ0) is 26.6. The van der Waals surface area contributed by atoms with Crippen LogP contribution in [0, 0.1) is 12.7 Å². The zero-order valence-corrected chi connectivity index (χ0v) is 20.5. The van der Waals surface area contributed by atoms with Crippen molar-refractivity contribution >= 4 is 40.8 Å². The monoisotopic (exact) mass is 524 g/mol. The van der Waals surface area contributed by atoms with Crippen molar-refractivity contribution in [2.24, 2.45) is 0 Å². The smallest absolute Gasteiger partial charge is 0.293 e. The molecule has 0 bridgehead atoms. The summed E-state index contributed by atoms with van der Waals surface area (Å²) in [4.78, 5) is 51.6. The highest BCUT2D eigenvalue weighted by molar-refractivity contribution is 6.44. The van der Waals surface area contributed by atoms with E-state index in [0.29, 0.717) is 18.5 Å². The first-order valence-electron chi connectivity index (χ1n) is 11.3. The second kappa shape index (κ2) is 8.95. The average Bonchev–Trinajstić information content (AvgIpc) is 3.29.